The molecule has 0 unspecified atom stereocenters. The molecule has 0 spiro atoms. The fourth-order valence-corrected chi connectivity index (χ4v) is 4.84. The van der Waals surface area contributed by atoms with E-state index in [0.717, 1.165) is 24.1 Å². The molecule has 3 aromatic rings. The first-order valence-electron chi connectivity index (χ1n) is 15.8. The maximum Gasteiger partial charge on any atom is 0.193 e. The highest BCUT2D eigenvalue weighted by molar-refractivity contribution is 5.81. The number of pyridine rings is 2. The number of fused-ring (bicyclic) bond motifs is 1. The Morgan fingerprint density at radius 3 is 2.29 bits per heavy atom. The van der Waals surface area contributed by atoms with E-state index in [4.69, 9.17) is 29.4 Å². The number of rotatable bonds is 23. The van der Waals surface area contributed by atoms with Gasteiger partial charge in [-0.2, -0.15) is 0 Å². The number of aryl methyl sites for hydroxylation is 1. The summed E-state index contributed by atoms with van der Waals surface area (Å²) in [6.07, 6.45) is 5.77. The normalized spacial score (nSPS) is 13.3. The zero-order chi connectivity index (χ0) is 31.9. The van der Waals surface area contributed by atoms with Gasteiger partial charge in [0.25, 0.3) is 0 Å². The molecule has 45 heavy (non-hydrogen) atoms. The Morgan fingerprint density at radius 1 is 0.956 bits per heavy atom. The molecule has 248 valence electrons. The van der Waals surface area contributed by atoms with Crippen LogP contribution in [0, 0.1) is 12.7 Å². The van der Waals surface area contributed by atoms with Crippen molar-refractivity contribution in [2.24, 2.45) is 5.73 Å². The topological polar surface area (TPSA) is 122 Å². The molecule has 0 aliphatic heterocycles. The maximum atomic E-state index is 15.1. The van der Waals surface area contributed by atoms with Crippen LogP contribution in [0.15, 0.2) is 41.5 Å². The number of hydrogen-bond donors (Lipinski definition) is 2. The zero-order valence-corrected chi connectivity index (χ0v) is 26.6. The summed E-state index contributed by atoms with van der Waals surface area (Å²) in [6.45, 7) is 9.24. The first-order valence-corrected chi connectivity index (χ1v) is 15.8. The third-order valence-electron chi connectivity index (χ3n) is 7.43. The number of nitrogens with one attached hydrogen (secondary N) is 1. The smallest absolute Gasteiger partial charge is 0.193 e. The number of ether oxygens (including phenoxy) is 5. The van der Waals surface area contributed by atoms with E-state index in [-0.39, 0.29) is 11.2 Å². The summed E-state index contributed by atoms with van der Waals surface area (Å²) < 4.78 is 44.9. The van der Waals surface area contributed by atoms with Gasteiger partial charge in [-0.1, -0.05) is 0 Å². The Labute approximate surface area is 264 Å². The largest absolute Gasteiger partial charge is 0.489 e. The van der Waals surface area contributed by atoms with Crippen LogP contribution >= 0.6 is 0 Å². The van der Waals surface area contributed by atoms with Gasteiger partial charge < -0.3 is 44.2 Å². The van der Waals surface area contributed by atoms with Crippen molar-refractivity contribution < 1.29 is 28.1 Å². The fourth-order valence-electron chi connectivity index (χ4n) is 4.84. The molecule has 4 rings (SSSR count). The fraction of sp³-hybridized carbons (Fsp3) is 0.576. The molecular formula is C33H48FN5O6. The highest BCUT2D eigenvalue weighted by Crippen LogP contribution is 2.38. The third-order valence-corrected chi connectivity index (χ3v) is 7.43. The molecule has 0 atom stereocenters. The van der Waals surface area contributed by atoms with Gasteiger partial charge in [-0.25, -0.2) is 4.39 Å². The van der Waals surface area contributed by atoms with Crippen LogP contribution in [-0.2, 0) is 32.0 Å². The quantitative estimate of drug-likeness (QED) is 0.152. The highest BCUT2D eigenvalue weighted by Gasteiger charge is 2.26. The summed E-state index contributed by atoms with van der Waals surface area (Å²) >= 11 is 0. The minimum atomic E-state index is -0.532. The molecule has 11 nitrogen and oxygen atoms in total. The number of benzene rings is 1. The van der Waals surface area contributed by atoms with E-state index in [2.05, 4.69) is 19.8 Å². The molecule has 0 amide bonds. The van der Waals surface area contributed by atoms with Crippen LogP contribution < -0.4 is 21.2 Å². The average Bonchev–Trinajstić information content (AvgIpc) is 3.87. The van der Waals surface area contributed by atoms with Gasteiger partial charge in [0.2, 0.25) is 0 Å². The molecule has 2 aromatic heterocycles. The number of halogens is 1. The van der Waals surface area contributed by atoms with Gasteiger partial charge >= 0.3 is 0 Å². The van der Waals surface area contributed by atoms with Crippen molar-refractivity contribution in [1.82, 2.24) is 19.8 Å². The molecular weight excluding hydrogens is 581 g/mol. The molecule has 1 aliphatic rings. The molecule has 1 fully saturated rings. The van der Waals surface area contributed by atoms with Crippen LogP contribution in [0.1, 0.15) is 35.7 Å². The second-order valence-corrected chi connectivity index (χ2v) is 11.2. The Morgan fingerprint density at radius 2 is 1.62 bits per heavy atom. The molecule has 2 heterocycles. The van der Waals surface area contributed by atoms with E-state index in [1.54, 1.807) is 12.3 Å². The lowest BCUT2D eigenvalue weighted by molar-refractivity contribution is -0.00277. The monoisotopic (exact) mass is 629 g/mol. The molecule has 0 bridgehead atoms. The maximum absolute atomic E-state index is 15.1. The summed E-state index contributed by atoms with van der Waals surface area (Å²) in [5.74, 6) is -0.375. The Balaban J connectivity index is 1.18. The summed E-state index contributed by atoms with van der Waals surface area (Å²) in [4.78, 5) is 19.6. The highest BCUT2D eigenvalue weighted by atomic mass is 19.1. The first-order chi connectivity index (χ1) is 22.0. The Kier molecular flexibility index (Phi) is 14.6. The molecule has 1 saturated carbocycles. The van der Waals surface area contributed by atoms with Gasteiger partial charge in [-0.3, -0.25) is 9.78 Å². The standard InChI is InChI=1S/C33H48FN5O6/c1-25-19-26(5-7-37-25)22-36-23-27-24-39(28-3-4-28)31-21-32(30(34)20-29(31)33(27)40)45-12-9-38(2)8-11-42-14-16-44-18-17-43-15-13-41-10-6-35/h5,7,19-21,24,28,36H,3-4,6,8-18,22-23,35H2,1-2H3. The molecule has 12 heteroatoms. The molecule has 1 aliphatic carbocycles. The molecule has 3 N–H and O–H groups in total. The van der Waals surface area contributed by atoms with Gasteiger partial charge in [-0.15, -0.1) is 0 Å². The van der Waals surface area contributed by atoms with Crippen LogP contribution in [0.4, 0.5) is 4.39 Å². The lowest BCUT2D eigenvalue weighted by atomic mass is 10.1. The van der Waals surface area contributed by atoms with Gasteiger partial charge in [0.05, 0.1) is 58.4 Å². The van der Waals surface area contributed by atoms with Crippen LogP contribution in [0.5, 0.6) is 5.75 Å². The van der Waals surface area contributed by atoms with Gasteiger partial charge in [-0.05, 0) is 50.6 Å². The van der Waals surface area contributed by atoms with Crippen molar-refractivity contribution in [2.45, 2.75) is 38.9 Å². The second kappa shape index (κ2) is 18.9. The van der Waals surface area contributed by atoms with Crippen molar-refractivity contribution in [3.63, 3.8) is 0 Å². The predicted molar refractivity (Wildman–Crippen MR) is 171 cm³/mol. The van der Waals surface area contributed by atoms with Crippen molar-refractivity contribution in [1.29, 1.82) is 0 Å². The van der Waals surface area contributed by atoms with Crippen molar-refractivity contribution in [2.75, 3.05) is 86.1 Å². The van der Waals surface area contributed by atoms with Gasteiger partial charge in [0, 0.05) is 73.9 Å². The van der Waals surface area contributed by atoms with Crippen LogP contribution in [0.2, 0.25) is 0 Å². The van der Waals surface area contributed by atoms with Crippen molar-refractivity contribution in [3.05, 3.63) is 69.5 Å². The molecule has 0 saturated heterocycles. The Bertz CT molecular complexity index is 1390. The van der Waals surface area contributed by atoms with Crippen molar-refractivity contribution >= 4 is 10.9 Å². The summed E-state index contributed by atoms with van der Waals surface area (Å²) in [5.41, 5.74) is 8.57. The number of likely N-dealkylation sites (N-methyl/N-ethyl adjacent to an activating group) is 1. The third kappa shape index (κ3) is 11.7. The Hall–Kier alpha value is -2.97. The molecule has 1 aromatic carbocycles. The minimum Gasteiger partial charge on any atom is -0.489 e. The SMILES string of the molecule is Cc1cc(CNCc2cn(C3CC3)c3cc(OCCN(C)CCOCCOCCOCCOCCN)c(F)cc3c2=O)ccn1. The van der Waals surface area contributed by atoms with Gasteiger partial charge in [0.15, 0.2) is 17.0 Å². The van der Waals surface area contributed by atoms with Crippen LogP contribution in [0.3, 0.4) is 0 Å². The zero-order valence-electron chi connectivity index (χ0n) is 26.6. The van der Waals surface area contributed by atoms with Crippen LogP contribution in [-0.4, -0.2) is 101 Å². The number of aromatic nitrogens is 2. The molecule has 0 radical (unpaired) electrons. The number of nitrogens with zero attached hydrogens (tertiary/aromatic N) is 3. The van der Waals surface area contributed by atoms with Gasteiger partial charge in [0.1, 0.15) is 6.61 Å². The first kappa shape index (κ1) is 34.9. The second-order valence-electron chi connectivity index (χ2n) is 11.2. The lowest BCUT2D eigenvalue weighted by Gasteiger charge is -2.18. The summed E-state index contributed by atoms with van der Waals surface area (Å²) in [6, 6.07) is 7.27. The van der Waals surface area contributed by atoms with E-state index >= 15 is 4.39 Å². The lowest BCUT2D eigenvalue weighted by Crippen LogP contribution is -2.28. The van der Waals surface area contributed by atoms with E-state index in [1.165, 1.54) is 6.07 Å². The van der Waals surface area contributed by atoms with E-state index in [1.807, 2.05) is 32.3 Å². The summed E-state index contributed by atoms with van der Waals surface area (Å²) in [7, 11) is 1.96. The average molecular weight is 630 g/mol. The van der Waals surface area contributed by atoms with Crippen molar-refractivity contribution in [3.8, 4) is 5.75 Å². The minimum absolute atomic E-state index is 0.157. The summed E-state index contributed by atoms with van der Waals surface area (Å²) in [5, 5.41) is 3.73. The predicted octanol–water partition coefficient (Wildman–Crippen LogP) is 2.80. The van der Waals surface area contributed by atoms with E-state index in [9.17, 15) is 4.79 Å². The van der Waals surface area contributed by atoms with Crippen LogP contribution in [0.25, 0.3) is 10.9 Å². The number of hydrogen-bond acceptors (Lipinski definition) is 10. The van der Waals surface area contributed by atoms with E-state index in [0.29, 0.717) is 115 Å². The number of nitrogens with two attached hydrogens (primary N) is 1. The van der Waals surface area contributed by atoms with E-state index < -0.39 is 5.82 Å².